The Bertz CT molecular complexity index is 1160. The van der Waals surface area contributed by atoms with Gasteiger partial charge in [-0.3, -0.25) is 4.79 Å². The van der Waals surface area contributed by atoms with Gasteiger partial charge >= 0.3 is 0 Å². The normalized spacial score (nSPS) is 16.7. The standard InChI is InChI=1S/C22H24N4O5S/c1-23-32(28,29)18-12-10-16(11-13-18)21-24-22(31-25-21)19-9-5-6-14-26(19)20(27)15-30-17-7-3-2-4-8-17/h2-4,7-8,10-13,19,23H,5-6,9,14-15H2,1H3. The molecule has 0 bridgehead atoms. The van der Waals surface area contributed by atoms with E-state index < -0.39 is 10.0 Å². The summed E-state index contributed by atoms with van der Waals surface area (Å²) in [7, 11) is -2.16. The van der Waals surface area contributed by atoms with E-state index in [1.165, 1.54) is 19.2 Å². The molecule has 1 aliphatic rings. The van der Waals surface area contributed by atoms with Gasteiger partial charge in [0.1, 0.15) is 11.8 Å². The van der Waals surface area contributed by atoms with Crippen molar-refractivity contribution in [2.45, 2.75) is 30.2 Å². The summed E-state index contributed by atoms with van der Waals surface area (Å²) in [4.78, 5) is 19.2. The fraction of sp³-hybridized carbons (Fsp3) is 0.318. The molecule has 1 fully saturated rings. The maximum atomic E-state index is 12.8. The largest absolute Gasteiger partial charge is 0.484 e. The van der Waals surface area contributed by atoms with E-state index in [0.717, 1.165) is 19.3 Å². The Kier molecular flexibility index (Phi) is 6.52. The van der Waals surface area contributed by atoms with Crippen LogP contribution in [0.4, 0.5) is 0 Å². The van der Waals surface area contributed by atoms with Crippen LogP contribution in [0.3, 0.4) is 0 Å². The molecule has 2 aromatic carbocycles. The van der Waals surface area contributed by atoms with Crippen molar-refractivity contribution in [1.29, 1.82) is 0 Å². The van der Waals surface area contributed by atoms with Gasteiger partial charge in [0.2, 0.25) is 21.7 Å². The molecule has 0 spiro atoms. The molecule has 1 saturated heterocycles. The fourth-order valence-corrected chi connectivity index (χ4v) is 4.35. The molecule has 32 heavy (non-hydrogen) atoms. The molecule has 0 aliphatic carbocycles. The number of nitrogens with zero attached hydrogens (tertiary/aromatic N) is 3. The number of hydrogen-bond donors (Lipinski definition) is 1. The Balaban J connectivity index is 1.48. The zero-order valence-electron chi connectivity index (χ0n) is 17.6. The molecule has 2 heterocycles. The van der Waals surface area contributed by atoms with E-state index in [1.807, 2.05) is 18.2 Å². The minimum Gasteiger partial charge on any atom is -0.484 e. The predicted octanol–water partition coefficient (Wildman–Crippen LogP) is 2.78. The zero-order valence-corrected chi connectivity index (χ0v) is 18.4. The molecular formula is C22H24N4O5S. The summed E-state index contributed by atoms with van der Waals surface area (Å²) < 4.78 is 37.2. The van der Waals surface area contributed by atoms with Crippen LogP contribution in [-0.2, 0) is 14.8 Å². The highest BCUT2D eigenvalue weighted by molar-refractivity contribution is 7.89. The second kappa shape index (κ2) is 9.49. The Morgan fingerprint density at radius 1 is 1.16 bits per heavy atom. The van der Waals surface area contributed by atoms with Crippen LogP contribution >= 0.6 is 0 Å². The van der Waals surface area contributed by atoms with E-state index in [2.05, 4.69) is 14.9 Å². The fourth-order valence-electron chi connectivity index (χ4n) is 3.62. The van der Waals surface area contributed by atoms with Crippen molar-refractivity contribution in [3.8, 4) is 17.1 Å². The molecule has 1 aromatic heterocycles. The number of ether oxygens (including phenoxy) is 1. The van der Waals surface area contributed by atoms with Crippen LogP contribution in [0, 0.1) is 0 Å². The van der Waals surface area contributed by atoms with Gasteiger partial charge in [0, 0.05) is 12.1 Å². The van der Waals surface area contributed by atoms with Crippen molar-refractivity contribution >= 4 is 15.9 Å². The van der Waals surface area contributed by atoms with Crippen LogP contribution in [-0.4, -0.2) is 49.6 Å². The third-order valence-corrected chi connectivity index (χ3v) is 6.78. The van der Waals surface area contributed by atoms with Crippen LogP contribution in [0.2, 0.25) is 0 Å². The molecule has 4 rings (SSSR count). The second-order valence-electron chi connectivity index (χ2n) is 7.39. The third kappa shape index (κ3) is 4.81. The smallest absolute Gasteiger partial charge is 0.261 e. The van der Waals surface area contributed by atoms with Gasteiger partial charge in [-0.2, -0.15) is 4.98 Å². The van der Waals surface area contributed by atoms with Gasteiger partial charge in [-0.15, -0.1) is 0 Å². The first-order valence-corrected chi connectivity index (χ1v) is 11.8. The number of likely N-dealkylation sites (tertiary alicyclic amines) is 1. The van der Waals surface area contributed by atoms with E-state index in [1.54, 1.807) is 29.2 Å². The molecule has 1 aliphatic heterocycles. The highest BCUT2D eigenvalue weighted by Gasteiger charge is 2.32. The van der Waals surface area contributed by atoms with Gasteiger partial charge in [-0.25, -0.2) is 13.1 Å². The quantitative estimate of drug-likeness (QED) is 0.581. The SMILES string of the molecule is CNS(=O)(=O)c1ccc(-c2noc(C3CCCCN3C(=O)COc3ccccc3)n2)cc1. The average Bonchev–Trinajstić information content (AvgIpc) is 3.33. The van der Waals surface area contributed by atoms with E-state index in [9.17, 15) is 13.2 Å². The first-order valence-electron chi connectivity index (χ1n) is 10.3. The lowest BCUT2D eigenvalue weighted by molar-refractivity contribution is -0.138. The van der Waals surface area contributed by atoms with Crippen molar-refractivity contribution in [1.82, 2.24) is 19.8 Å². The molecule has 10 heteroatoms. The van der Waals surface area contributed by atoms with Gasteiger partial charge in [0.15, 0.2) is 6.61 Å². The van der Waals surface area contributed by atoms with Crippen molar-refractivity contribution in [2.24, 2.45) is 0 Å². The number of carbonyl (C=O) groups is 1. The topological polar surface area (TPSA) is 115 Å². The summed E-state index contributed by atoms with van der Waals surface area (Å²) in [6.45, 7) is 0.527. The lowest BCUT2D eigenvalue weighted by atomic mass is 10.0. The minimum absolute atomic E-state index is 0.0666. The third-order valence-electron chi connectivity index (χ3n) is 5.35. The van der Waals surface area contributed by atoms with E-state index in [4.69, 9.17) is 9.26 Å². The number of rotatable bonds is 7. The Morgan fingerprint density at radius 3 is 2.62 bits per heavy atom. The lowest BCUT2D eigenvalue weighted by Gasteiger charge is -2.33. The summed E-state index contributed by atoms with van der Waals surface area (Å²) in [5.41, 5.74) is 0.621. The van der Waals surface area contributed by atoms with E-state index in [-0.39, 0.29) is 23.5 Å². The van der Waals surface area contributed by atoms with Gasteiger partial charge in [0.25, 0.3) is 5.91 Å². The maximum absolute atomic E-state index is 12.8. The number of para-hydroxylation sites is 1. The highest BCUT2D eigenvalue weighted by atomic mass is 32.2. The Morgan fingerprint density at radius 2 is 1.91 bits per heavy atom. The van der Waals surface area contributed by atoms with Gasteiger partial charge in [0.05, 0.1) is 4.90 Å². The Hall–Kier alpha value is -3.24. The molecule has 3 aromatic rings. The van der Waals surface area contributed by atoms with Crippen molar-refractivity contribution in [3.63, 3.8) is 0 Å². The van der Waals surface area contributed by atoms with Crippen LogP contribution < -0.4 is 9.46 Å². The van der Waals surface area contributed by atoms with Crippen LogP contribution in [0.5, 0.6) is 5.75 Å². The van der Waals surface area contributed by atoms with Gasteiger partial charge in [-0.1, -0.05) is 23.4 Å². The first-order chi connectivity index (χ1) is 15.5. The molecule has 1 atom stereocenters. The average molecular weight is 457 g/mol. The number of aromatic nitrogens is 2. The number of benzene rings is 2. The zero-order chi connectivity index (χ0) is 22.6. The van der Waals surface area contributed by atoms with Crippen LogP contribution in [0.25, 0.3) is 11.4 Å². The number of nitrogens with one attached hydrogen (secondary N) is 1. The van der Waals surface area contributed by atoms with Crippen LogP contribution in [0.15, 0.2) is 64.0 Å². The number of hydrogen-bond acceptors (Lipinski definition) is 7. The lowest BCUT2D eigenvalue weighted by Crippen LogP contribution is -2.41. The summed E-state index contributed by atoms with van der Waals surface area (Å²) >= 11 is 0. The number of carbonyl (C=O) groups excluding carboxylic acids is 1. The molecule has 168 valence electrons. The highest BCUT2D eigenvalue weighted by Crippen LogP contribution is 2.31. The van der Waals surface area contributed by atoms with Crippen molar-refractivity contribution in [2.75, 3.05) is 20.2 Å². The summed E-state index contributed by atoms with van der Waals surface area (Å²) in [6, 6.07) is 15.1. The molecule has 0 radical (unpaired) electrons. The second-order valence-corrected chi connectivity index (χ2v) is 9.28. The summed E-state index contributed by atoms with van der Waals surface area (Å²) in [6.07, 6.45) is 2.57. The van der Waals surface area contributed by atoms with E-state index in [0.29, 0.717) is 29.6 Å². The predicted molar refractivity (Wildman–Crippen MR) is 116 cm³/mol. The summed E-state index contributed by atoms with van der Waals surface area (Å²) in [5, 5.41) is 4.04. The van der Waals surface area contributed by atoms with Crippen LogP contribution in [0.1, 0.15) is 31.2 Å². The first kappa shape index (κ1) is 22.0. The van der Waals surface area contributed by atoms with Gasteiger partial charge < -0.3 is 14.2 Å². The molecule has 1 amide bonds. The molecule has 0 saturated carbocycles. The van der Waals surface area contributed by atoms with E-state index >= 15 is 0 Å². The number of piperidine rings is 1. The number of sulfonamides is 1. The molecule has 1 unspecified atom stereocenters. The monoisotopic (exact) mass is 456 g/mol. The van der Waals surface area contributed by atoms with Gasteiger partial charge in [-0.05, 0) is 62.7 Å². The van der Waals surface area contributed by atoms with Crippen molar-refractivity contribution in [3.05, 3.63) is 60.5 Å². The molecular weight excluding hydrogens is 432 g/mol. The molecule has 1 N–H and O–H groups in total. The number of amides is 1. The Labute approximate surface area is 186 Å². The summed E-state index contributed by atoms with van der Waals surface area (Å²) in [5.74, 6) is 1.20. The van der Waals surface area contributed by atoms with Crippen molar-refractivity contribution < 1.29 is 22.5 Å². The maximum Gasteiger partial charge on any atom is 0.261 e. The molecule has 9 nitrogen and oxygen atoms in total. The minimum atomic E-state index is -3.52.